The van der Waals surface area contributed by atoms with Gasteiger partial charge in [0.15, 0.2) is 0 Å². The van der Waals surface area contributed by atoms with Gasteiger partial charge in [0.25, 0.3) is 0 Å². The van der Waals surface area contributed by atoms with Crippen LogP contribution in [0.3, 0.4) is 0 Å². The number of aromatic nitrogens is 1. The zero-order valence-corrected chi connectivity index (χ0v) is 9.83. The summed E-state index contributed by atoms with van der Waals surface area (Å²) in [6.45, 7) is 2.12. The van der Waals surface area contributed by atoms with E-state index in [4.69, 9.17) is 0 Å². The van der Waals surface area contributed by atoms with Gasteiger partial charge in [-0.3, -0.25) is 0 Å². The van der Waals surface area contributed by atoms with Crippen LogP contribution in [0.15, 0.2) is 18.2 Å². The molecule has 2 heteroatoms. The van der Waals surface area contributed by atoms with Crippen LogP contribution in [0.25, 0.3) is 10.9 Å². The molecule has 3 rings (SSSR count). The van der Waals surface area contributed by atoms with Crippen molar-refractivity contribution in [3.8, 4) is 0 Å². The molecule has 0 radical (unpaired) electrons. The number of nitrogens with zero attached hydrogens (tertiary/aromatic N) is 1. The number of aliphatic hydroxyl groups excluding tert-OH is 1. The summed E-state index contributed by atoms with van der Waals surface area (Å²) in [6.07, 6.45) is 2.83. The Balaban J connectivity index is 2.39. The lowest BCUT2D eigenvalue weighted by molar-refractivity contribution is 0.149. The minimum atomic E-state index is -0.276. The van der Waals surface area contributed by atoms with Crippen LogP contribution in [0, 0.1) is 6.92 Å². The van der Waals surface area contributed by atoms with Gasteiger partial charge in [0.2, 0.25) is 0 Å². The normalized spacial score (nSPS) is 20.1. The smallest absolute Gasteiger partial charge is 0.0942 e. The van der Waals surface area contributed by atoms with Gasteiger partial charge in [0.05, 0.1) is 11.8 Å². The van der Waals surface area contributed by atoms with Gasteiger partial charge in [-0.05, 0) is 43.9 Å². The first-order chi connectivity index (χ1) is 7.68. The molecular formula is C14H17NO. The number of aryl methyl sites for hydroxylation is 3. The molecule has 0 fully saturated rings. The van der Waals surface area contributed by atoms with Crippen LogP contribution >= 0.6 is 0 Å². The number of aliphatic hydroxyl groups is 1. The van der Waals surface area contributed by atoms with Crippen molar-refractivity contribution in [1.82, 2.24) is 4.57 Å². The Bertz CT molecular complexity index is 553. The van der Waals surface area contributed by atoms with Crippen LogP contribution in [0.1, 0.15) is 35.8 Å². The fraction of sp³-hybridized carbons (Fsp3) is 0.429. The zero-order chi connectivity index (χ0) is 11.3. The van der Waals surface area contributed by atoms with Crippen molar-refractivity contribution < 1.29 is 5.11 Å². The highest BCUT2D eigenvalue weighted by Gasteiger charge is 2.24. The largest absolute Gasteiger partial charge is 0.387 e. The van der Waals surface area contributed by atoms with Crippen molar-refractivity contribution >= 4 is 10.9 Å². The predicted octanol–water partition coefficient (Wildman–Crippen LogP) is 2.86. The minimum absolute atomic E-state index is 0.276. The molecule has 84 valence electrons. The summed E-state index contributed by atoms with van der Waals surface area (Å²) in [7, 11) is 2.06. The van der Waals surface area contributed by atoms with Gasteiger partial charge >= 0.3 is 0 Å². The molecule has 1 aromatic carbocycles. The highest BCUT2D eigenvalue weighted by Crippen LogP contribution is 2.36. The molecule has 1 N–H and O–H groups in total. The van der Waals surface area contributed by atoms with E-state index in [2.05, 4.69) is 36.7 Å². The van der Waals surface area contributed by atoms with Gasteiger partial charge < -0.3 is 9.67 Å². The summed E-state index contributed by atoms with van der Waals surface area (Å²) in [5, 5.41) is 11.4. The van der Waals surface area contributed by atoms with E-state index in [1.165, 1.54) is 22.0 Å². The Labute approximate surface area is 95.5 Å². The van der Waals surface area contributed by atoms with Crippen LogP contribution in [-0.4, -0.2) is 9.67 Å². The minimum Gasteiger partial charge on any atom is -0.387 e. The average molecular weight is 215 g/mol. The molecule has 0 amide bonds. The maximum absolute atomic E-state index is 10.1. The highest BCUT2D eigenvalue weighted by molar-refractivity contribution is 5.86. The first kappa shape index (κ1) is 9.91. The topological polar surface area (TPSA) is 25.2 Å². The average Bonchev–Trinajstić information content (AvgIpc) is 2.54. The van der Waals surface area contributed by atoms with Crippen molar-refractivity contribution in [3.05, 3.63) is 35.0 Å². The van der Waals surface area contributed by atoms with E-state index in [0.29, 0.717) is 0 Å². The van der Waals surface area contributed by atoms with E-state index in [9.17, 15) is 5.11 Å². The number of hydrogen-bond donors (Lipinski definition) is 1. The fourth-order valence-electron chi connectivity index (χ4n) is 2.95. The molecule has 1 aliphatic carbocycles. The molecule has 1 aromatic heterocycles. The molecule has 1 atom stereocenters. The molecule has 2 nitrogen and oxygen atoms in total. The second-order valence-electron chi connectivity index (χ2n) is 4.85. The first-order valence-electron chi connectivity index (χ1n) is 5.94. The monoisotopic (exact) mass is 215 g/mol. The van der Waals surface area contributed by atoms with Crippen molar-refractivity contribution in [2.24, 2.45) is 7.05 Å². The third-order valence-electron chi connectivity index (χ3n) is 3.73. The number of hydrogen-bond acceptors (Lipinski definition) is 1. The van der Waals surface area contributed by atoms with Crippen LogP contribution < -0.4 is 0 Å². The molecule has 0 saturated carbocycles. The summed E-state index contributed by atoms with van der Waals surface area (Å²) in [5.41, 5.74) is 5.03. The molecular weight excluding hydrogens is 198 g/mol. The van der Waals surface area contributed by atoms with E-state index in [-0.39, 0.29) is 6.10 Å². The van der Waals surface area contributed by atoms with E-state index in [0.717, 1.165) is 25.0 Å². The summed E-state index contributed by atoms with van der Waals surface area (Å²) >= 11 is 0. The second kappa shape index (κ2) is 3.36. The molecule has 1 heterocycles. The molecule has 16 heavy (non-hydrogen) atoms. The number of fused-ring (bicyclic) bond motifs is 3. The van der Waals surface area contributed by atoms with Gasteiger partial charge in [-0.2, -0.15) is 0 Å². The second-order valence-corrected chi connectivity index (χ2v) is 4.85. The SMILES string of the molecule is Cc1ccc2c(c1)c1c(n2C)C(O)CCC1. The van der Waals surface area contributed by atoms with Gasteiger partial charge in [-0.1, -0.05) is 11.6 Å². The molecule has 0 bridgehead atoms. The Hall–Kier alpha value is -1.28. The van der Waals surface area contributed by atoms with Gasteiger partial charge in [-0.15, -0.1) is 0 Å². The number of rotatable bonds is 0. The maximum Gasteiger partial charge on any atom is 0.0942 e. The van der Waals surface area contributed by atoms with Gasteiger partial charge in [0, 0.05) is 18.0 Å². The summed E-state index contributed by atoms with van der Waals surface area (Å²) < 4.78 is 2.16. The van der Waals surface area contributed by atoms with Crippen molar-refractivity contribution in [2.75, 3.05) is 0 Å². The number of benzene rings is 1. The van der Waals surface area contributed by atoms with Crippen LogP contribution in [0.2, 0.25) is 0 Å². The third kappa shape index (κ3) is 1.23. The Morgan fingerprint density at radius 2 is 2.19 bits per heavy atom. The molecule has 1 unspecified atom stereocenters. The van der Waals surface area contributed by atoms with Crippen LogP contribution in [-0.2, 0) is 13.5 Å². The lowest BCUT2D eigenvalue weighted by atomic mass is 9.93. The summed E-state index contributed by atoms with van der Waals surface area (Å²) in [4.78, 5) is 0. The maximum atomic E-state index is 10.1. The fourth-order valence-corrected chi connectivity index (χ4v) is 2.95. The van der Waals surface area contributed by atoms with Crippen molar-refractivity contribution in [3.63, 3.8) is 0 Å². The standard InChI is InChI=1S/C14H17NO/c1-9-6-7-12-11(8-9)10-4-3-5-13(16)14(10)15(12)2/h6-8,13,16H,3-5H2,1-2H3. The Morgan fingerprint density at radius 1 is 1.38 bits per heavy atom. The van der Waals surface area contributed by atoms with Crippen molar-refractivity contribution in [2.45, 2.75) is 32.3 Å². The predicted molar refractivity (Wildman–Crippen MR) is 65.6 cm³/mol. The highest BCUT2D eigenvalue weighted by atomic mass is 16.3. The van der Waals surface area contributed by atoms with Gasteiger partial charge in [-0.25, -0.2) is 0 Å². The molecule has 0 spiro atoms. The van der Waals surface area contributed by atoms with E-state index in [1.807, 2.05) is 0 Å². The first-order valence-corrected chi connectivity index (χ1v) is 5.94. The molecule has 0 saturated heterocycles. The molecule has 2 aromatic rings. The van der Waals surface area contributed by atoms with E-state index >= 15 is 0 Å². The Kier molecular flexibility index (Phi) is 2.08. The van der Waals surface area contributed by atoms with E-state index in [1.54, 1.807) is 0 Å². The molecule has 1 aliphatic rings. The van der Waals surface area contributed by atoms with Crippen LogP contribution in [0.4, 0.5) is 0 Å². The third-order valence-corrected chi connectivity index (χ3v) is 3.73. The quantitative estimate of drug-likeness (QED) is 0.718. The lowest BCUT2D eigenvalue weighted by Gasteiger charge is -2.19. The van der Waals surface area contributed by atoms with Crippen molar-refractivity contribution in [1.29, 1.82) is 0 Å². The summed E-state index contributed by atoms with van der Waals surface area (Å²) in [6, 6.07) is 6.54. The van der Waals surface area contributed by atoms with Crippen LogP contribution in [0.5, 0.6) is 0 Å². The Morgan fingerprint density at radius 3 is 3.00 bits per heavy atom. The summed E-state index contributed by atoms with van der Waals surface area (Å²) in [5.74, 6) is 0. The zero-order valence-electron chi connectivity index (χ0n) is 9.83. The lowest BCUT2D eigenvalue weighted by Crippen LogP contribution is -2.11. The van der Waals surface area contributed by atoms with Gasteiger partial charge in [0.1, 0.15) is 0 Å². The molecule has 0 aliphatic heterocycles. The van der Waals surface area contributed by atoms with E-state index < -0.39 is 0 Å².